The Morgan fingerprint density at radius 1 is 1.00 bits per heavy atom. The molecule has 3 aromatic carbocycles. The van der Waals surface area contributed by atoms with Gasteiger partial charge in [0.25, 0.3) is 0 Å². The van der Waals surface area contributed by atoms with E-state index in [0.29, 0.717) is 24.7 Å². The zero-order valence-corrected chi connectivity index (χ0v) is 21.1. The lowest BCUT2D eigenvalue weighted by molar-refractivity contribution is 0.0668. The summed E-state index contributed by atoms with van der Waals surface area (Å²) in [7, 11) is 0. The molecule has 3 aromatic rings. The fourth-order valence-corrected chi connectivity index (χ4v) is 5.04. The number of phenolic OH excluding ortho intramolecular Hbond substituents is 2. The number of nitrogens with zero attached hydrogens (tertiary/aromatic N) is 1. The van der Waals surface area contributed by atoms with Gasteiger partial charge >= 0.3 is 0 Å². The number of ether oxygens (including phenoxy) is 3. The van der Waals surface area contributed by atoms with Crippen LogP contribution in [0.2, 0.25) is 0 Å². The lowest BCUT2D eigenvalue weighted by atomic mass is 9.85. The molecule has 7 heteroatoms. The molecule has 0 unspecified atom stereocenters. The highest BCUT2D eigenvalue weighted by atomic mass is 19.1. The van der Waals surface area contributed by atoms with Gasteiger partial charge in [-0.3, -0.25) is 9.29 Å². The van der Waals surface area contributed by atoms with Crippen LogP contribution in [0.1, 0.15) is 36.6 Å². The smallest absolute Gasteiger partial charge is 0.168 e. The van der Waals surface area contributed by atoms with Gasteiger partial charge in [0.2, 0.25) is 0 Å². The number of aromatic hydroxyl groups is 2. The van der Waals surface area contributed by atoms with Gasteiger partial charge in [0, 0.05) is 42.3 Å². The van der Waals surface area contributed by atoms with Crippen LogP contribution < -0.4 is 14.2 Å². The molecular weight excluding hydrogens is 473 g/mol. The molecule has 0 amide bonds. The Hall–Kier alpha value is -3.71. The van der Waals surface area contributed by atoms with E-state index >= 15 is 0 Å². The van der Waals surface area contributed by atoms with E-state index in [1.165, 1.54) is 0 Å². The predicted octanol–water partition coefficient (Wildman–Crippen LogP) is 5.84. The molecular formula is C30H32FNO5. The van der Waals surface area contributed by atoms with Gasteiger partial charge in [0.15, 0.2) is 11.5 Å². The van der Waals surface area contributed by atoms with Gasteiger partial charge in [0.1, 0.15) is 30.0 Å². The fraction of sp³-hybridized carbons (Fsp3) is 0.333. The average Bonchev–Trinajstić information content (AvgIpc) is 2.87. The second-order valence-electron chi connectivity index (χ2n) is 9.50. The van der Waals surface area contributed by atoms with Crippen molar-refractivity contribution in [1.82, 2.24) is 4.90 Å². The molecule has 0 saturated carbocycles. The first-order valence-corrected chi connectivity index (χ1v) is 12.7. The summed E-state index contributed by atoms with van der Waals surface area (Å²) >= 11 is 0. The zero-order valence-electron chi connectivity index (χ0n) is 21.1. The highest BCUT2D eigenvalue weighted by Gasteiger charge is 2.32. The first-order valence-electron chi connectivity index (χ1n) is 12.7. The molecule has 2 aliphatic rings. The maximum atomic E-state index is 12.6. The summed E-state index contributed by atoms with van der Waals surface area (Å²) in [6.45, 7) is 6.92. The van der Waals surface area contributed by atoms with E-state index < -0.39 is 6.10 Å². The van der Waals surface area contributed by atoms with Crippen molar-refractivity contribution in [3.8, 4) is 28.7 Å². The average molecular weight is 506 g/mol. The molecule has 2 heterocycles. The van der Waals surface area contributed by atoms with Gasteiger partial charge in [-0.05, 0) is 61.4 Å². The van der Waals surface area contributed by atoms with Crippen LogP contribution in [0.4, 0.5) is 4.39 Å². The molecule has 0 aliphatic carbocycles. The van der Waals surface area contributed by atoms with Crippen molar-refractivity contribution in [2.75, 3.05) is 39.5 Å². The lowest BCUT2D eigenvalue weighted by Crippen LogP contribution is -2.49. The van der Waals surface area contributed by atoms with E-state index in [1.54, 1.807) is 30.3 Å². The van der Waals surface area contributed by atoms with E-state index in [2.05, 4.69) is 4.90 Å². The predicted molar refractivity (Wildman–Crippen MR) is 141 cm³/mol. The van der Waals surface area contributed by atoms with Crippen LogP contribution in [0.15, 0.2) is 60.7 Å². The third-order valence-electron chi connectivity index (χ3n) is 6.96. The fourth-order valence-electron chi connectivity index (χ4n) is 5.04. The normalized spacial score (nSPS) is 17.6. The Bertz CT molecular complexity index is 1280. The molecule has 37 heavy (non-hydrogen) atoms. The number of allylic oxidation sites excluding steroid dienone is 1. The molecule has 1 atom stereocenters. The summed E-state index contributed by atoms with van der Waals surface area (Å²) in [5, 5.41) is 20.7. The minimum absolute atomic E-state index is 0.0592. The van der Waals surface area contributed by atoms with Crippen molar-refractivity contribution < 1.29 is 28.8 Å². The Labute approximate surface area is 216 Å². The topological polar surface area (TPSA) is 71.4 Å². The minimum atomic E-state index is -0.467. The van der Waals surface area contributed by atoms with Crippen molar-refractivity contribution >= 4 is 11.1 Å². The molecule has 0 aromatic heterocycles. The van der Waals surface area contributed by atoms with Crippen LogP contribution in [-0.4, -0.2) is 54.6 Å². The van der Waals surface area contributed by atoms with Crippen LogP contribution in [-0.2, 0) is 0 Å². The standard InChI is InChI=1S/C30H32FNO5/c1-3-35-30-24(5-4-6-26(30)34)28-19(2)25-15-22(33)9-12-27(25)37-29(28)21-7-10-23(11-8-21)36-14-13-32-17-20(16-31)18-32/h4-12,15,20,29,33-34H,3,13-14,16-18H2,1-2H3/t29-/m0/s1. The number of halogens is 1. The van der Waals surface area contributed by atoms with Gasteiger partial charge in [0.05, 0.1) is 13.3 Å². The van der Waals surface area contributed by atoms with Crippen molar-refractivity contribution in [1.29, 1.82) is 0 Å². The van der Waals surface area contributed by atoms with Gasteiger partial charge < -0.3 is 24.4 Å². The first-order chi connectivity index (χ1) is 18.0. The molecule has 0 radical (unpaired) electrons. The summed E-state index contributed by atoms with van der Waals surface area (Å²) in [5.74, 6) is 2.21. The van der Waals surface area contributed by atoms with Crippen molar-refractivity contribution in [2.45, 2.75) is 20.0 Å². The number of fused-ring (bicyclic) bond motifs is 1. The zero-order chi connectivity index (χ0) is 25.9. The number of likely N-dealkylation sites (tertiary alicyclic amines) is 1. The van der Waals surface area contributed by atoms with E-state index in [9.17, 15) is 14.6 Å². The monoisotopic (exact) mass is 505 g/mol. The number of phenols is 2. The van der Waals surface area contributed by atoms with Crippen LogP contribution in [0.3, 0.4) is 0 Å². The highest BCUT2D eigenvalue weighted by Crippen LogP contribution is 2.50. The summed E-state index contributed by atoms with van der Waals surface area (Å²) in [6.07, 6.45) is -0.467. The van der Waals surface area contributed by atoms with Gasteiger partial charge in [-0.1, -0.05) is 24.3 Å². The molecule has 5 rings (SSSR count). The Balaban J connectivity index is 1.44. The van der Waals surface area contributed by atoms with E-state index in [-0.39, 0.29) is 24.1 Å². The largest absolute Gasteiger partial charge is 0.508 e. The molecule has 6 nitrogen and oxygen atoms in total. The number of hydrogen-bond donors (Lipinski definition) is 2. The molecule has 1 saturated heterocycles. The minimum Gasteiger partial charge on any atom is -0.508 e. The van der Waals surface area contributed by atoms with Gasteiger partial charge in [-0.2, -0.15) is 0 Å². The SMILES string of the molecule is CCOc1c(O)cccc1C1=C(C)c2cc(O)ccc2O[C@H]1c1ccc(OCCN2CC(CF)C2)cc1. The van der Waals surface area contributed by atoms with Crippen LogP contribution in [0.25, 0.3) is 11.1 Å². The van der Waals surface area contributed by atoms with Gasteiger partial charge in [-0.25, -0.2) is 0 Å². The Kier molecular flexibility index (Phi) is 7.24. The molecule has 194 valence electrons. The first kappa shape index (κ1) is 25.0. The second-order valence-corrected chi connectivity index (χ2v) is 9.50. The van der Waals surface area contributed by atoms with Crippen molar-refractivity contribution in [2.24, 2.45) is 5.92 Å². The van der Waals surface area contributed by atoms with E-state index in [4.69, 9.17) is 14.2 Å². The number of benzene rings is 3. The summed E-state index contributed by atoms with van der Waals surface area (Å²) in [5.41, 5.74) is 4.22. The van der Waals surface area contributed by atoms with Crippen molar-refractivity contribution in [3.05, 3.63) is 77.4 Å². The third kappa shape index (κ3) is 5.09. The maximum absolute atomic E-state index is 12.6. The lowest BCUT2D eigenvalue weighted by Gasteiger charge is -2.37. The molecule has 0 bridgehead atoms. The molecule has 1 fully saturated rings. The molecule has 2 aliphatic heterocycles. The van der Waals surface area contributed by atoms with Crippen LogP contribution in [0, 0.1) is 5.92 Å². The second kappa shape index (κ2) is 10.7. The van der Waals surface area contributed by atoms with Crippen LogP contribution in [0.5, 0.6) is 28.7 Å². The summed E-state index contributed by atoms with van der Waals surface area (Å²) in [6, 6.07) is 18.2. The third-order valence-corrected chi connectivity index (χ3v) is 6.96. The Morgan fingerprint density at radius 3 is 2.51 bits per heavy atom. The van der Waals surface area contributed by atoms with Gasteiger partial charge in [-0.15, -0.1) is 0 Å². The molecule has 2 N–H and O–H groups in total. The highest BCUT2D eigenvalue weighted by molar-refractivity contribution is 5.97. The number of hydrogen-bond acceptors (Lipinski definition) is 6. The number of para-hydroxylation sites is 1. The molecule has 0 spiro atoms. The van der Waals surface area contributed by atoms with Crippen molar-refractivity contribution in [3.63, 3.8) is 0 Å². The van der Waals surface area contributed by atoms with E-state index in [0.717, 1.165) is 53.2 Å². The van der Waals surface area contributed by atoms with E-state index in [1.807, 2.05) is 44.2 Å². The summed E-state index contributed by atoms with van der Waals surface area (Å²) in [4.78, 5) is 2.19. The Morgan fingerprint density at radius 2 is 1.78 bits per heavy atom. The van der Waals surface area contributed by atoms with Crippen LogP contribution >= 0.6 is 0 Å². The number of rotatable bonds is 9. The quantitative estimate of drug-likeness (QED) is 0.381. The summed E-state index contributed by atoms with van der Waals surface area (Å²) < 4.78 is 30.9. The number of alkyl halides is 1. The maximum Gasteiger partial charge on any atom is 0.168 e.